The van der Waals surface area contributed by atoms with Crippen LogP contribution in [-0.4, -0.2) is 23.0 Å². The van der Waals surface area contributed by atoms with Gasteiger partial charge in [0.1, 0.15) is 5.58 Å². The van der Waals surface area contributed by atoms with Crippen molar-refractivity contribution in [2.24, 2.45) is 11.8 Å². The van der Waals surface area contributed by atoms with E-state index in [1.165, 1.54) is 21.9 Å². The summed E-state index contributed by atoms with van der Waals surface area (Å²) in [6.45, 7) is 20.6. The Bertz CT molecular complexity index is 1910. The maximum absolute atomic E-state index is 6.10. The summed E-state index contributed by atoms with van der Waals surface area (Å²) >= 11 is 0. The molecular formula is C40H45IrN3OSi-2. The molecule has 0 bridgehead atoms. The minimum Gasteiger partial charge on any atom is -0.500 e. The smallest absolute Gasteiger partial charge is 0.121 e. The van der Waals surface area contributed by atoms with Crippen molar-refractivity contribution >= 4 is 35.2 Å². The van der Waals surface area contributed by atoms with Crippen molar-refractivity contribution < 1.29 is 24.5 Å². The van der Waals surface area contributed by atoms with Gasteiger partial charge in [-0.2, -0.15) is 0 Å². The number of nitrogens with zero attached hydrogens (tertiary/aromatic N) is 3. The Morgan fingerprint density at radius 2 is 1.54 bits per heavy atom. The zero-order valence-electron chi connectivity index (χ0n) is 28.5. The molecule has 2 aromatic carbocycles. The average Bonchev–Trinajstić information content (AvgIpc) is 3.40. The van der Waals surface area contributed by atoms with Crippen LogP contribution in [0.15, 0.2) is 83.7 Å². The summed E-state index contributed by atoms with van der Waals surface area (Å²) in [4.78, 5) is 13.6. The molecule has 0 fully saturated rings. The van der Waals surface area contributed by atoms with Gasteiger partial charge in [-0.25, -0.2) is 0 Å². The molecule has 0 aliphatic heterocycles. The molecule has 241 valence electrons. The van der Waals surface area contributed by atoms with Gasteiger partial charge in [-0.15, -0.1) is 35.9 Å². The Kier molecular flexibility index (Phi) is 11.5. The molecule has 4 nitrogen and oxygen atoms in total. The Morgan fingerprint density at radius 1 is 0.826 bits per heavy atom. The molecule has 6 heteroatoms. The SMILES string of the molecule is CC(C)Cc1cc(-c2[c-]cccc2)ncc1[Si](C)(C)C.Cc1cnc(-c2[c-]ncc3c2oc2ccccc23)cc1C(C)C(C)C.[Ir]. The van der Waals surface area contributed by atoms with E-state index in [1.807, 2.05) is 48.8 Å². The van der Waals surface area contributed by atoms with Crippen LogP contribution in [0.3, 0.4) is 0 Å². The molecule has 1 atom stereocenters. The first-order valence-corrected chi connectivity index (χ1v) is 19.5. The van der Waals surface area contributed by atoms with Gasteiger partial charge in [0, 0.05) is 37.9 Å². The van der Waals surface area contributed by atoms with Crippen molar-refractivity contribution in [1.82, 2.24) is 15.0 Å². The minimum atomic E-state index is -1.34. The second-order valence-electron chi connectivity index (χ2n) is 13.9. The summed E-state index contributed by atoms with van der Waals surface area (Å²) in [5, 5.41) is 3.57. The topological polar surface area (TPSA) is 51.8 Å². The number of para-hydroxylation sites is 1. The van der Waals surface area contributed by atoms with Gasteiger partial charge in [0.05, 0.1) is 13.7 Å². The maximum Gasteiger partial charge on any atom is 0.121 e. The van der Waals surface area contributed by atoms with E-state index in [-0.39, 0.29) is 20.1 Å². The van der Waals surface area contributed by atoms with Crippen molar-refractivity contribution in [2.75, 3.05) is 0 Å². The predicted octanol–water partition coefficient (Wildman–Crippen LogP) is 10.2. The van der Waals surface area contributed by atoms with E-state index in [0.717, 1.165) is 50.9 Å². The van der Waals surface area contributed by atoms with Crippen LogP contribution in [0.2, 0.25) is 19.6 Å². The van der Waals surface area contributed by atoms with Crippen molar-refractivity contribution in [3.05, 3.63) is 108 Å². The molecule has 0 saturated heterocycles. The standard InChI is InChI=1S/C22H21N2O.C18H24NSi.Ir/c1-13(2)15(4)17-9-20(24-10-14(17)3)19-12-23-11-18-16-7-5-6-8-21(16)25-22(18)19;1-14(2)11-16-12-17(15-9-7-6-8-10-15)19-13-18(16)20(3,4)5;/h5-11,13,15H,1-4H3;6-9,12-14H,11H2,1-5H3;/q2*-1;. The van der Waals surface area contributed by atoms with Crippen LogP contribution in [0.5, 0.6) is 0 Å². The van der Waals surface area contributed by atoms with Gasteiger partial charge in [-0.3, -0.25) is 0 Å². The summed E-state index contributed by atoms with van der Waals surface area (Å²) in [5.41, 5.74) is 9.50. The Hall–Kier alpha value is -3.44. The third kappa shape index (κ3) is 7.91. The monoisotopic (exact) mass is 804 g/mol. The number of rotatable bonds is 7. The molecule has 0 N–H and O–H groups in total. The van der Waals surface area contributed by atoms with Gasteiger partial charge in [0.2, 0.25) is 0 Å². The number of furan rings is 1. The Labute approximate surface area is 289 Å². The van der Waals surface area contributed by atoms with Crippen molar-refractivity contribution in [2.45, 2.75) is 73.5 Å². The van der Waals surface area contributed by atoms with E-state index in [4.69, 9.17) is 4.42 Å². The van der Waals surface area contributed by atoms with Gasteiger partial charge in [0.15, 0.2) is 0 Å². The second kappa shape index (κ2) is 15.0. The molecule has 0 aliphatic rings. The molecule has 0 spiro atoms. The summed E-state index contributed by atoms with van der Waals surface area (Å²) in [7, 11) is -1.34. The summed E-state index contributed by atoms with van der Waals surface area (Å²) < 4.78 is 6.10. The fourth-order valence-corrected chi connectivity index (χ4v) is 7.36. The average molecular weight is 804 g/mol. The first-order chi connectivity index (χ1) is 21.4. The second-order valence-corrected chi connectivity index (χ2v) is 18.9. The number of aromatic nitrogens is 3. The van der Waals surface area contributed by atoms with Crippen LogP contribution in [-0.2, 0) is 26.5 Å². The van der Waals surface area contributed by atoms with Crippen LogP contribution in [0.4, 0.5) is 0 Å². The van der Waals surface area contributed by atoms with Gasteiger partial charge in [-0.1, -0.05) is 95.7 Å². The molecule has 46 heavy (non-hydrogen) atoms. The van der Waals surface area contributed by atoms with Gasteiger partial charge in [0.25, 0.3) is 0 Å². The number of hydrogen-bond donors (Lipinski definition) is 0. The van der Waals surface area contributed by atoms with Crippen molar-refractivity contribution in [3.63, 3.8) is 0 Å². The van der Waals surface area contributed by atoms with E-state index in [1.54, 1.807) is 0 Å². The largest absolute Gasteiger partial charge is 0.500 e. The zero-order chi connectivity index (χ0) is 32.3. The molecule has 6 aromatic rings. The predicted molar refractivity (Wildman–Crippen MR) is 192 cm³/mol. The van der Waals surface area contributed by atoms with E-state index >= 15 is 0 Å². The summed E-state index contributed by atoms with van der Waals surface area (Å²) in [5.74, 6) is 1.70. The van der Waals surface area contributed by atoms with E-state index in [0.29, 0.717) is 17.8 Å². The number of hydrogen-bond acceptors (Lipinski definition) is 4. The minimum absolute atomic E-state index is 0. The Morgan fingerprint density at radius 3 is 2.22 bits per heavy atom. The van der Waals surface area contributed by atoms with Gasteiger partial charge in [-0.05, 0) is 82.6 Å². The molecular weight excluding hydrogens is 759 g/mol. The molecule has 4 heterocycles. The number of pyridine rings is 3. The molecule has 0 aliphatic carbocycles. The fourth-order valence-electron chi connectivity index (χ4n) is 5.77. The number of aryl methyl sites for hydroxylation is 1. The quantitative estimate of drug-likeness (QED) is 0.119. The zero-order valence-corrected chi connectivity index (χ0v) is 31.9. The third-order valence-electron chi connectivity index (χ3n) is 8.53. The van der Waals surface area contributed by atoms with E-state index in [2.05, 4.69) is 119 Å². The normalized spacial score (nSPS) is 12.2. The van der Waals surface area contributed by atoms with Crippen LogP contribution in [0.25, 0.3) is 44.5 Å². The van der Waals surface area contributed by atoms with Crippen LogP contribution < -0.4 is 5.19 Å². The molecule has 0 saturated carbocycles. The molecule has 4 aromatic heterocycles. The molecule has 6 rings (SSSR count). The number of fused-ring (bicyclic) bond motifs is 3. The van der Waals surface area contributed by atoms with Crippen LogP contribution in [0, 0.1) is 31.0 Å². The fraction of sp³-hybridized carbons (Fsp3) is 0.325. The molecule has 0 amide bonds. The Balaban J connectivity index is 0.000000210. The summed E-state index contributed by atoms with van der Waals surface area (Å²) in [6.07, 6.45) is 10.1. The van der Waals surface area contributed by atoms with Gasteiger partial charge < -0.3 is 19.4 Å². The molecule has 1 unspecified atom stereocenters. The summed E-state index contributed by atoms with van der Waals surface area (Å²) in [6, 6.07) is 23.8. The first-order valence-electron chi connectivity index (χ1n) is 16.0. The van der Waals surface area contributed by atoms with Crippen LogP contribution >= 0.6 is 0 Å². The maximum atomic E-state index is 6.10. The third-order valence-corrected chi connectivity index (χ3v) is 10.6. The van der Waals surface area contributed by atoms with Crippen LogP contribution in [0.1, 0.15) is 57.2 Å². The number of benzene rings is 2. The first kappa shape index (κ1) is 35.4. The van der Waals surface area contributed by atoms with E-state index < -0.39 is 8.07 Å². The van der Waals surface area contributed by atoms with Crippen molar-refractivity contribution in [3.8, 4) is 22.5 Å². The molecule has 1 radical (unpaired) electrons. The van der Waals surface area contributed by atoms with Crippen molar-refractivity contribution in [1.29, 1.82) is 0 Å². The van der Waals surface area contributed by atoms with Gasteiger partial charge >= 0.3 is 0 Å². The van der Waals surface area contributed by atoms with E-state index in [9.17, 15) is 0 Å².